The van der Waals surface area contributed by atoms with Crippen molar-refractivity contribution in [3.8, 4) is 11.8 Å². The number of aliphatic hydroxyl groups excluding tert-OH is 1. The number of hydrogen-bond donors (Lipinski definition) is 2. The molecule has 0 fully saturated rings. The highest BCUT2D eigenvalue weighted by atomic mass is 16.9. The van der Waals surface area contributed by atoms with Crippen LogP contribution in [0.1, 0.15) is 0 Å². The van der Waals surface area contributed by atoms with Crippen molar-refractivity contribution in [1.82, 2.24) is 5.32 Å². The number of hydrogen-bond acceptors (Lipinski definition) is 5. The van der Waals surface area contributed by atoms with Gasteiger partial charge in [-0.1, -0.05) is 5.92 Å². The van der Waals surface area contributed by atoms with Crippen LogP contribution in [-0.2, 0) is 19.0 Å². The zero-order valence-electron chi connectivity index (χ0n) is 8.29. The van der Waals surface area contributed by atoms with E-state index in [1.54, 1.807) is 0 Å². The molecule has 0 aliphatic heterocycles. The molecular formula is C8H13NO5. The van der Waals surface area contributed by atoms with Crippen LogP contribution in [0, 0.1) is 11.8 Å². The van der Waals surface area contributed by atoms with Crippen molar-refractivity contribution >= 4 is 5.91 Å². The average molecular weight is 203 g/mol. The van der Waals surface area contributed by atoms with E-state index in [0.29, 0.717) is 0 Å². The molecule has 1 amide bonds. The third-order valence-corrected chi connectivity index (χ3v) is 1.35. The molecule has 0 atom stereocenters. The van der Waals surface area contributed by atoms with Gasteiger partial charge in [0.05, 0.1) is 0 Å². The molecule has 80 valence electrons. The van der Waals surface area contributed by atoms with Crippen LogP contribution >= 0.6 is 0 Å². The Bertz CT molecular complexity index is 230. The monoisotopic (exact) mass is 203 g/mol. The van der Waals surface area contributed by atoms with Crippen LogP contribution in [-0.4, -0.2) is 45.0 Å². The summed E-state index contributed by atoms with van der Waals surface area (Å²) in [5, 5.41) is 10.6. The van der Waals surface area contributed by atoms with Crippen LogP contribution in [0.5, 0.6) is 0 Å². The molecule has 0 spiro atoms. The summed E-state index contributed by atoms with van der Waals surface area (Å²) in [6.45, 7) is -0.395. The first-order chi connectivity index (χ1) is 6.64. The molecule has 0 heterocycles. The molecule has 0 radical (unpaired) electrons. The van der Waals surface area contributed by atoms with Gasteiger partial charge in [-0.15, -0.1) is 0 Å². The minimum atomic E-state index is -1.64. The van der Waals surface area contributed by atoms with Gasteiger partial charge >= 0.3 is 12.0 Å². The fourth-order valence-corrected chi connectivity index (χ4v) is 0.693. The first-order valence-corrected chi connectivity index (χ1v) is 3.71. The van der Waals surface area contributed by atoms with E-state index < -0.39 is 18.6 Å². The van der Waals surface area contributed by atoms with Gasteiger partial charge in [0, 0.05) is 21.3 Å². The first kappa shape index (κ1) is 12.9. The normalized spacial score (nSPS) is 10.3. The smallest absolute Gasteiger partial charge is 0.376 e. The number of amides is 1. The van der Waals surface area contributed by atoms with Crippen LogP contribution in [0.3, 0.4) is 0 Å². The van der Waals surface area contributed by atoms with E-state index in [1.165, 1.54) is 21.3 Å². The Hall–Kier alpha value is -1.13. The number of aliphatic hydroxyl groups is 1. The van der Waals surface area contributed by atoms with Gasteiger partial charge < -0.3 is 19.3 Å². The lowest BCUT2D eigenvalue weighted by Gasteiger charge is -2.27. The molecule has 6 nitrogen and oxygen atoms in total. The second kappa shape index (κ2) is 6.34. The van der Waals surface area contributed by atoms with Crippen LogP contribution in [0.2, 0.25) is 0 Å². The predicted molar refractivity (Wildman–Crippen MR) is 46.8 cm³/mol. The predicted octanol–water partition coefficient (Wildman–Crippen LogP) is -1.35. The number of methoxy groups -OCH3 is 3. The molecule has 0 saturated carbocycles. The summed E-state index contributed by atoms with van der Waals surface area (Å²) in [6, 6.07) is 0. The molecule has 2 N–H and O–H groups in total. The largest absolute Gasteiger partial charge is 0.384 e. The molecule has 0 unspecified atom stereocenters. The van der Waals surface area contributed by atoms with Gasteiger partial charge in [-0.25, -0.2) is 0 Å². The number of carbonyl (C=O) groups excluding carboxylic acids is 1. The molecule has 0 aromatic rings. The molecule has 0 bridgehead atoms. The van der Waals surface area contributed by atoms with Gasteiger partial charge in [-0.2, -0.15) is 0 Å². The van der Waals surface area contributed by atoms with Gasteiger partial charge in [0.15, 0.2) is 0 Å². The lowest BCUT2D eigenvalue weighted by molar-refractivity contribution is -0.364. The molecule has 0 aromatic carbocycles. The second-order valence-corrected chi connectivity index (χ2v) is 2.08. The van der Waals surface area contributed by atoms with Crippen molar-refractivity contribution < 1.29 is 24.1 Å². The number of rotatable bonds is 4. The zero-order chi connectivity index (χ0) is 11.0. The van der Waals surface area contributed by atoms with Gasteiger partial charge in [0.1, 0.15) is 6.61 Å². The van der Waals surface area contributed by atoms with Gasteiger partial charge in [-0.3, -0.25) is 10.1 Å². The molecule has 0 saturated heterocycles. The van der Waals surface area contributed by atoms with E-state index in [0.717, 1.165) is 0 Å². The minimum absolute atomic E-state index is 0.395. The van der Waals surface area contributed by atoms with Crippen molar-refractivity contribution in [1.29, 1.82) is 0 Å². The summed E-state index contributed by atoms with van der Waals surface area (Å²) in [7, 11) is 3.90. The quantitative estimate of drug-likeness (QED) is 0.436. The topological polar surface area (TPSA) is 77.0 Å². The Balaban J connectivity index is 4.37. The van der Waals surface area contributed by atoms with Gasteiger partial charge in [-0.05, 0) is 5.92 Å². The minimum Gasteiger partial charge on any atom is -0.384 e. The molecular weight excluding hydrogens is 190 g/mol. The second-order valence-electron chi connectivity index (χ2n) is 2.08. The Labute approximate surface area is 82.1 Å². The number of carbonyl (C=O) groups is 1. The summed E-state index contributed by atoms with van der Waals surface area (Å²) in [6.07, 6.45) is -1.64. The van der Waals surface area contributed by atoms with Crippen LogP contribution < -0.4 is 5.32 Å². The van der Waals surface area contributed by atoms with Gasteiger partial charge in [0.25, 0.3) is 0 Å². The number of nitrogens with one attached hydrogen (secondary N) is 1. The maximum absolute atomic E-state index is 11.1. The molecule has 0 aromatic heterocycles. The van der Waals surface area contributed by atoms with Crippen molar-refractivity contribution in [3.05, 3.63) is 0 Å². The fourth-order valence-electron chi connectivity index (χ4n) is 0.693. The maximum atomic E-state index is 11.1. The molecule has 0 aliphatic carbocycles. The molecule has 0 aliphatic rings. The van der Waals surface area contributed by atoms with Crippen molar-refractivity contribution in [2.24, 2.45) is 0 Å². The molecule has 6 heteroatoms. The van der Waals surface area contributed by atoms with E-state index in [-0.39, 0.29) is 0 Å². The van der Waals surface area contributed by atoms with Crippen molar-refractivity contribution in [2.75, 3.05) is 27.9 Å². The summed E-state index contributed by atoms with van der Waals surface area (Å²) < 4.78 is 14.3. The summed E-state index contributed by atoms with van der Waals surface area (Å²) >= 11 is 0. The average Bonchev–Trinajstić information content (AvgIpc) is 2.23. The zero-order valence-corrected chi connectivity index (χ0v) is 8.29. The van der Waals surface area contributed by atoms with Gasteiger partial charge in [0.2, 0.25) is 0 Å². The van der Waals surface area contributed by atoms with E-state index in [2.05, 4.69) is 17.2 Å². The third-order valence-electron chi connectivity index (χ3n) is 1.35. The highest BCUT2D eigenvalue weighted by Gasteiger charge is 2.31. The SMILES string of the molecule is COC(NC(=O)C#CCO)(OC)OC. The Morgan fingerprint density at radius 2 is 1.86 bits per heavy atom. The maximum Gasteiger partial charge on any atom is 0.376 e. The number of ether oxygens (including phenoxy) is 3. The van der Waals surface area contributed by atoms with Crippen LogP contribution in [0.15, 0.2) is 0 Å². The van der Waals surface area contributed by atoms with E-state index in [9.17, 15) is 4.79 Å². The van der Waals surface area contributed by atoms with Crippen LogP contribution in [0.4, 0.5) is 0 Å². The lowest BCUT2D eigenvalue weighted by Crippen LogP contribution is -2.52. The highest BCUT2D eigenvalue weighted by molar-refractivity contribution is 5.93. The summed E-state index contributed by atoms with van der Waals surface area (Å²) in [5.74, 6) is 3.59. The lowest BCUT2D eigenvalue weighted by atomic mass is 10.5. The van der Waals surface area contributed by atoms with E-state index >= 15 is 0 Å². The molecule has 14 heavy (non-hydrogen) atoms. The fraction of sp³-hybridized carbons (Fsp3) is 0.625. The first-order valence-electron chi connectivity index (χ1n) is 3.71. The van der Waals surface area contributed by atoms with Crippen molar-refractivity contribution in [3.63, 3.8) is 0 Å². The standard InChI is InChI=1S/C8H13NO5/c1-12-8(13-2,14-3)9-7(11)5-4-6-10/h10H,6H2,1-3H3,(H,9,11). The third kappa shape index (κ3) is 3.72. The van der Waals surface area contributed by atoms with Crippen molar-refractivity contribution in [2.45, 2.75) is 6.10 Å². The Kier molecular flexibility index (Phi) is 5.83. The summed E-state index contributed by atoms with van der Waals surface area (Å²) in [5.41, 5.74) is 0. The highest BCUT2D eigenvalue weighted by Crippen LogP contribution is 2.06. The Morgan fingerprint density at radius 1 is 1.36 bits per heavy atom. The summed E-state index contributed by atoms with van der Waals surface area (Å²) in [4.78, 5) is 11.1. The molecule has 0 rings (SSSR count). The van der Waals surface area contributed by atoms with E-state index in [4.69, 9.17) is 19.3 Å². The Morgan fingerprint density at radius 3 is 2.21 bits per heavy atom. The van der Waals surface area contributed by atoms with E-state index in [1.807, 2.05) is 0 Å². The van der Waals surface area contributed by atoms with Crippen LogP contribution in [0.25, 0.3) is 0 Å².